The standard InChI is InChI=1S/C22H29N5O4/c1-3-7-18(24-19(28)15-27-13-10-20(29)25(2)22(27)31)21(30)23-16-8-6-9-17(14-16)26-11-4-5-12-26/h6,8-10,13-14,18H,3-5,7,11-12,15H2,1-2H3,(H,23,30)(H,24,28). The van der Waals surface area contributed by atoms with E-state index in [-0.39, 0.29) is 12.5 Å². The molecule has 1 fully saturated rings. The Kier molecular flexibility index (Phi) is 7.28. The van der Waals surface area contributed by atoms with Crippen LogP contribution in [0.5, 0.6) is 0 Å². The van der Waals surface area contributed by atoms with Crippen molar-refractivity contribution in [1.82, 2.24) is 14.5 Å². The van der Waals surface area contributed by atoms with Gasteiger partial charge in [-0.2, -0.15) is 0 Å². The normalized spacial score (nSPS) is 14.3. The Labute approximate surface area is 180 Å². The molecule has 3 rings (SSSR count). The number of nitrogens with one attached hydrogen (secondary N) is 2. The van der Waals surface area contributed by atoms with Crippen LogP contribution in [-0.4, -0.2) is 40.1 Å². The van der Waals surface area contributed by atoms with Crippen LogP contribution in [0.4, 0.5) is 11.4 Å². The highest BCUT2D eigenvalue weighted by Crippen LogP contribution is 2.23. The minimum Gasteiger partial charge on any atom is -0.371 e. The summed E-state index contributed by atoms with van der Waals surface area (Å²) in [5.74, 6) is -0.776. The smallest absolute Gasteiger partial charge is 0.331 e. The molecule has 31 heavy (non-hydrogen) atoms. The second kappa shape index (κ2) is 10.1. The number of hydrogen-bond donors (Lipinski definition) is 2. The number of rotatable bonds is 8. The van der Waals surface area contributed by atoms with Gasteiger partial charge in [0.05, 0.1) is 0 Å². The predicted octanol–water partition coefficient (Wildman–Crippen LogP) is 1.07. The average molecular weight is 428 g/mol. The van der Waals surface area contributed by atoms with Gasteiger partial charge in [0, 0.05) is 43.8 Å². The Morgan fingerprint density at radius 2 is 1.87 bits per heavy atom. The van der Waals surface area contributed by atoms with Crippen LogP contribution in [0.15, 0.2) is 46.1 Å². The number of carbonyl (C=O) groups is 2. The van der Waals surface area contributed by atoms with Crippen LogP contribution in [-0.2, 0) is 23.2 Å². The van der Waals surface area contributed by atoms with E-state index in [0.29, 0.717) is 18.5 Å². The molecule has 166 valence electrons. The average Bonchev–Trinajstić information content (AvgIpc) is 3.29. The van der Waals surface area contributed by atoms with E-state index in [9.17, 15) is 19.2 Å². The topological polar surface area (TPSA) is 105 Å². The van der Waals surface area contributed by atoms with Crippen molar-refractivity contribution in [3.05, 3.63) is 57.4 Å². The van der Waals surface area contributed by atoms with Gasteiger partial charge in [0.2, 0.25) is 11.8 Å². The van der Waals surface area contributed by atoms with Crippen molar-refractivity contribution in [3.63, 3.8) is 0 Å². The molecule has 1 aliphatic rings. The van der Waals surface area contributed by atoms with Crippen LogP contribution in [0.1, 0.15) is 32.6 Å². The molecule has 9 nitrogen and oxygen atoms in total. The number of aromatic nitrogens is 2. The number of anilines is 2. The summed E-state index contributed by atoms with van der Waals surface area (Å²) in [6.45, 7) is 3.68. The molecule has 2 heterocycles. The van der Waals surface area contributed by atoms with E-state index >= 15 is 0 Å². The van der Waals surface area contributed by atoms with Gasteiger partial charge in [-0.25, -0.2) is 4.79 Å². The van der Waals surface area contributed by atoms with Gasteiger partial charge in [0.1, 0.15) is 12.6 Å². The molecular formula is C22H29N5O4. The first-order valence-corrected chi connectivity index (χ1v) is 10.6. The van der Waals surface area contributed by atoms with Crippen molar-refractivity contribution >= 4 is 23.2 Å². The van der Waals surface area contributed by atoms with E-state index in [0.717, 1.165) is 27.9 Å². The van der Waals surface area contributed by atoms with E-state index in [4.69, 9.17) is 0 Å². The lowest BCUT2D eigenvalue weighted by molar-refractivity contribution is -0.127. The summed E-state index contributed by atoms with van der Waals surface area (Å²) in [6.07, 6.45) is 4.78. The van der Waals surface area contributed by atoms with Gasteiger partial charge in [0.25, 0.3) is 5.56 Å². The Hall–Kier alpha value is -3.36. The fraction of sp³-hybridized carbons (Fsp3) is 0.455. The molecule has 0 spiro atoms. The fourth-order valence-corrected chi connectivity index (χ4v) is 3.67. The summed E-state index contributed by atoms with van der Waals surface area (Å²) in [4.78, 5) is 51.2. The molecule has 0 aliphatic carbocycles. The lowest BCUT2D eigenvalue weighted by atomic mass is 10.1. The molecule has 9 heteroatoms. The third-order valence-electron chi connectivity index (χ3n) is 5.39. The number of nitrogens with zero attached hydrogens (tertiary/aromatic N) is 3. The van der Waals surface area contributed by atoms with Gasteiger partial charge in [-0.1, -0.05) is 19.4 Å². The maximum Gasteiger partial charge on any atom is 0.331 e. The van der Waals surface area contributed by atoms with Crippen LogP contribution in [0, 0.1) is 0 Å². The molecule has 1 saturated heterocycles. The number of hydrogen-bond acceptors (Lipinski definition) is 5. The molecule has 1 aromatic heterocycles. The summed E-state index contributed by atoms with van der Waals surface area (Å²) < 4.78 is 2.06. The number of benzene rings is 1. The Morgan fingerprint density at radius 3 is 2.58 bits per heavy atom. The van der Waals surface area contributed by atoms with Crippen LogP contribution in [0.3, 0.4) is 0 Å². The van der Waals surface area contributed by atoms with E-state index < -0.39 is 23.2 Å². The first kappa shape index (κ1) is 22.3. The molecule has 0 bridgehead atoms. The first-order valence-electron chi connectivity index (χ1n) is 10.6. The van der Waals surface area contributed by atoms with Crippen LogP contribution >= 0.6 is 0 Å². The lowest BCUT2D eigenvalue weighted by Gasteiger charge is -2.20. The second-order valence-electron chi connectivity index (χ2n) is 7.77. The SMILES string of the molecule is CCCC(NC(=O)Cn1ccc(=O)n(C)c1=O)C(=O)Nc1cccc(N2CCCC2)c1. The van der Waals surface area contributed by atoms with E-state index in [1.807, 2.05) is 31.2 Å². The highest BCUT2D eigenvalue weighted by Gasteiger charge is 2.21. The van der Waals surface area contributed by atoms with Crippen LogP contribution in [0.25, 0.3) is 0 Å². The zero-order valence-electron chi connectivity index (χ0n) is 18.0. The molecule has 0 radical (unpaired) electrons. The van der Waals surface area contributed by atoms with Crippen molar-refractivity contribution in [2.24, 2.45) is 7.05 Å². The summed E-state index contributed by atoms with van der Waals surface area (Å²) in [6, 6.07) is 8.19. The molecule has 1 aliphatic heterocycles. The third kappa shape index (κ3) is 5.62. The highest BCUT2D eigenvalue weighted by molar-refractivity contribution is 5.97. The Morgan fingerprint density at radius 1 is 1.13 bits per heavy atom. The molecule has 2 aromatic rings. The zero-order chi connectivity index (χ0) is 22.4. The number of amides is 2. The summed E-state index contributed by atoms with van der Waals surface area (Å²) in [5, 5.41) is 5.60. The van der Waals surface area contributed by atoms with Crippen LogP contribution in [0.2, 0.25) is 0 Å². The Bertz CT molecular complexity index is 1050. The largest absolute Gasteiger partial charge is 0.371 e. The number of carbonyl (C=O) groups excluding carboxylic acids is 2. The molecule has 2 amide bonds. The Balaban J connectivity index is 1.66. The monoisotopic (exact) mass is 427 g/mol. The van der Waals surface area contributed by atoms with Crippen LogP contribution < -0.4 is 26.8 Å². The maximum atomic E-state index is 12.8. The summed E-state index contributed by atoms with van der Waals surface area (Å²) in [7, 11) is 1.35. The van der Waals surface area contributed by atoms with Crippen molar-refractivity contribution in [2.75, 3.05) is 23.3 Å². The van der Waals surface area contributed by atoms with Gasteiger partial charge in [-0.3, -0.25) is 23.5 Å². The highest BCUT2D eigenvalue weighted by atomic mass is 16.2. The lowest BCUT2D eigenvalue weighted by Crippen LogP contribution is -2.46. The second-order valence-corrected chi connectivity index (χ2v) is 7.77. The van der Waals surface area contributed by atoms with Crippen molar-refractivity contribution in [2.45, 2.75) is 45.2 Å². The predicted molar refractivity (Wildman–Crippen MR) is 119 cm³/mol. The fourth-order valence-electron chi connectivity index (χ4n) is 3.67. The zero-order valence-corrected chi connectivity index (χ0v) is 18.0. The van der Waals surface area contributed by atoms with Gasteiger partial charge in [-0.15, -0.1) is 0 Å². The molecular weight excluding hydrogens is 398 g/mol. The molecule has 1 atom stereocenters. The van der Waals surface area contributed by atoms with Gasteiger partial charge < -0.3 is 15.5 Å². The van der Waals surface area contributed by atoms with Gasteiger partial charge in [0.15, 0.2) is 0 Å². The van der Waals surface area contributed by atoms with Crippen molar-refractivity contribution in [3.8, 4) is 0 Å². The quantitative estimate of drug-likeness (QED) is 0.656. The van der Waals surface area contributed by atoms with Crippen molar-refractivity contribution in [1.29, 1.82) is 0 Å². The molecule has 1 aromatic carbocycles. The van der Waals surface area contributed by atoms with Gasteiger partial charge >= 0.3 is 5.69 Å². The van der Waals surface area contributed by atoms with Gasteiger partial charge in [-0.05, 0) is 37.5 Å². The molecule has 0 saturated carbocycles. The van der Waals surface area contributed by atoms with E-state index in [1.165, 1.54) is 32.2 Å². The minimum absolute atomic E-state index is 0.273. The third-order valence-corrected chi connectivity index (χ3v) is 5.39. The first-order chi connectivity index (χ1) is 14.9. The molecule has 1 unspecified atom stereocenters. The summed E-state index contributed by atoms with van der Waals surface area (Å²) in [5.41, 5.74) is 0.721. The van der Waals surface area contributed by atoms with Crippen molar-refractivity contribution < 1.29 is 9.59 Å². The molecule has 2 N–H and O–H groups in total. The maximum absolute atomic E-state index is 12.8. The van der Waals surface area contributed by atoms with E-state index in [2.05, 4.69) is 15.5 Å². The van der Waals surface area contributed by atoms with E-state index in [1.54, 1.807) is 0 Å². The minimum atomic E-state index is -0.726. The summed E-state index contributed by atoms with van der Waals surface area (Å²) >= 11 is 0.